The maximum atomic E-state index is 13.1. The van der Waals surface area contributed by atoms with Crippen LogP contribution in [-0.2, 0) is 9.59 Å². The summed E-state index contributed by atoms with van der Waals surface area (Å²) in [5.41, 5.74) is 0.924. The zero-order valence-electron chi connectivity index (χ0n) is 18.4. The molecule has 2 heterocycles. The molecule has 1 saturated heterocycles. The summed E-state index contributed by atoms with van der Waals surface area (Å²) in [4.78, 5) is 40.1. The van der Waals surface area contributed by atoms with Gasteiger partial charge in [-0.2, -0.15) is 0 Å². The lowest BCUT2D eigenvalue weighted by Gasteiger charge is -2.38. The smallest absolute Gasteiger partial charge is 0.273 e. The second kappa shape index (κ2) is 9.76. The first-order valence-electron chi connectivity index (χ1n) is 10.9. The number of anilines is 2. The normalized spacial score (nSPS) is 17.5. The van der Waals surface area contributed by atoms with Crippen LogP contribution in [0.15, 0.2) is 42.5 Å². The third-order valence-electron chi connectivity index (χ3n) is 5.81. The van der Waals surface area contributed by atoms with Crippen LogP contribution in [0.25, 0.3) is 0 Å². The predicted molar refractivity (Wildman–Crippen MR) is 122 cm³/mol. The Bertz CT molecular complexity index is 1050. The van der Waals surface area contributed by atoms with Crippen molar-refractivity contribution in [3.63, 3.8) is 0 Å². The molecule has 10 heteroatoms. The van der Waals surface area contributed by atoms with Gasteiger partial charge >= 0.3 is 0 Å². The van der Waals surface area contributed by atoms with Crippen LogP contribution in [0.4, 0.5) is 17.1 Å². The molecule has 0 radical (unpaired) electrons. The lowest BCUT2D eigenvalue weighted by molar-refractivity contribution is -0.384. The van der Waals surface area contributed by atoms with Crippen molar-refractivity contribution in [1.82, 2.24) is 4.90 Å². The number of hydrogen-bond acceptors (Lipinski definition) is 7. The van der Waals surface area contributed by atoms with Gasteiger partial charge in [0.05, 0.1) is 42.6 Å². The van der Waals surface area contributed by atoms with Gasteiger partial charge in [-0.15, -0.1) is 0 Å². The molecule has 10 nitrogen and oxygen atoms in total. The molecule has 0 aromatic heterocycles. The van der Waals surface area contributed by atoms with E-state index in [0.717, 1.165) is 38.0 Å². The third kappa shape index (κ3) is 5.00. The summed E-state index contributed by atoms with van der Waals surface area (Å²) in [6.45, 7) is 1.67. The minimum atomic E-state index is -0.695. The van der Waals surface area contributed by atoms with E-state index in [4.69, 9.17) is 9.47 Å². The van der Waals surface area contributed by atoms with Crippen molar-refractivity contribution in [2.24, 2.45) is 0 Å². The van der Waals surface area contributed by atoms with Gasteiger partial charge in [0.2, 0.25) is 5.91 Å². The molecule has 1 atom stereocenters. The highest BCUT2D eigenvalue weighted by Crippen LogP contribution is 2.34. The van der Waals surface area contributed by atoms with Crippen molar-refractivity contribution in [1.29, 1.82) is 0 Å². The summed E-state index contributed by atoms with van der Waals surface area (Å²) in [7, 11) is 1.38. The van der Waals surface area contributed by atoms with Gasteiger partial charge in [-0.05, 0) is 37.5 Å². The van der Waals surface area contributed by atoms with Crippen LogP contribution in [0.5, 0.6) is 11.5 Å². The number of likely N-dealkylation sites (tertiary alicyclic amines) is 1. The number of nitro groups is 1. The molecule has 1 fully saturated rings. The van der Waals surface area contributed by atoms with Crippen molar-refractivity contribution in [2.75, 3.05) is 43.5 Å². The highest BCUT2D eigenvalue weighted by Gasteiger charge is 2.34. The van der Waals surface area contributed by atoms with Gasteiger partial charge in [0.1, 0.15) is 11.5 Å². The fraction of sp³-hybridized carbons (Fsp3) is 0.391. The SMILES string of the molecule is COc1cc([N+](=O)[O-])ccc1NC(=O)CN1C[C@@H](C(=O)N2CCCCC2)Oc2ccccc21. The minimum absolute atomic E-state index is 0.0235. The molecule has 4 rings (SSSR count). The number of piperidine rings is 1. The average Bonchev–Trinajstić information content (AvgIpc) is 2.84. The van der Waals surface area contributed by atoms with Crippen molar-refractivity contribution < 1.29 is 24.0 Å². The first kappa shape index (κ1) is 22.4. The maximum absolute atomic E-state index is 13.1. The fourth-order valence-electron chi connectivity index (χ4n) is 4.16. The van der Waals surface area contributed by atoms with Gasteiger partial charge in [0, 0.05) is 19.2 Å². The molecule has 1 N–H and O–H groups in total. The first-order valence-corrected chi connectivity index (χ1v) is 10.9. The minimum Gasteiger partial charge on any atom is -0.494 e. The van der Waals surface area contributed by atoms with E-state index in [-0.39, 0.29) is 36.3 Å². The lowest BCUT2D eigenvalue weighted by atomic mass is 10.1. The summed E-state index contributed by atoms with van der Waals surface area (Å²) in [5, 5.41) is 13.7. The number of fused-ring (bicyclic) bond motifs is 1. The molecule has 0 aliphatic carbocycles. The number of nitrogens with zero attached hydrogens (tertiary/aromatic N) is 3. The van der Waals surface area contributed by atoms with Crippen molar-refractivity contribution in [3.05, 3.63) is 52.6 Å². The Kier molecular flexibility index (Phi) is 6.62. The Labute approximate surface area is 191 Å². The number of nitro benzene ring substituents is 1. The average molecular weight is 454 g/mol. The Morgan fingerprint density at radius 1 is 1.18 bits per heavy atom. The molecule has 0 spiro atoms. The maximum Gasteiger partial charge on any atom is 0.273 e. The summed E-state index contributed by atoms with van der Waals surface area (Å²) in [6.07, 6.45) is 2.40. The molecule has 0 bridgehead atoms. The molecule has 2 aromatic rings. The van der Waals surface area contributed by atoms with Crippen LogP contribution in [0.1, 0.15) is 19.3 Å². The third-order valence-corrected chi connectivity index (χ3v) is 5.81. The van der Waals surface area contributed by atoms with Crippen LogP contribution in [0.2, 0.25) is 0 Å². The van der Waals surface area contributed by atoms with Gasteiger partial charge in [-0.25, -0.2) is 0 Å². The lowest BCUT2D eigenvalue weighted by Crippen LogP contribution is -2.52. The number of non-ortho nitro benzene ring substituents is 1. The number of ether oxygens (including phenoxy) is 2. The molecular formula is C23H26N4O6. The van der Waals surface area contributed by atoms with E-state index < -0.39 is 11.0 Å². The van der Waals surface area contributed by atoms with Crippen LogP contribution in [0.3, 0.4) is 0 Å². The largest absolute Gasteiger partial charge is 0.494 e. The quantitative estimate of drug-likeness (QED) is 0.527. The number of amides is 2. The van der Waals surface area contributed by atoms with E-state index in [1.54, 1.807) is 6.07 Å². The number of rotatable bonds is 6. The zero-order chi connectivity index (χ0) is 23.4. The molecule has 2 aliphatic rings. The molecule has 0 unspecified atom stereocenters. The molecule has 0 saturated carbocycles. The number of nitrogens with one attached hydrogen (secondary N) is 1. The van der Waals surface area contributed by atoms with Gasteiger partial charge in [-0.1, -0.05) is 12.1 Å². The molecular weight excluding hydrogens is 428 g/mol. The molecule has 2 aliphatic heterocycles. The van der Waals surface area contributed by atoms with E-state index in [9.17, 15) is 19.7 Å². The van der Waals surface area contributed by atoms with E-state index in [2.05, 4.69) is 5.32 Å². The first-order chi connectivity index (χ1) is 16.0. The molecule has 174 valence electrons. The van der Waals surface area contributed by atoms with Crippen LogP contribution < -0.4 is 19.7 Å². The molecule has 2 aromatic carbocycles. The number of hydrogen-bond donors (Lipinski definition) is 1. The van der Waals surface area contributed by atoms with Crippen LogP contribution in [-0.4, -0.2) is 61.0 Å². The number of para-hydroxylation sites is 2. The Hall–Kier alpha value is -3.82. The number of carbonyl (C=O) groups is 2. The standard InChI is InChI=1S/C23H26N4O6/c1-32-20-13-16(27(30)31)9-10-17(20)24-22(28)15-26-14-21(23(29)25-11-5-2-6-12-25)33-19-8-4-3-7-18(19)26/h3-4,7-10,13,21H,2,5-6,11-12,14-15H2,1H3,(H,24,28)/t21-/m0/s1. The van der Waals surface area contributed by atoms with E-state index in [1.807, 2.05) is 28.0 Å². The summed E-state index contributed by atoms with van der Waals surface area (Å²) < 4.78 is 11.2. The fourth-order valence-corrected chi connectivity index (χ4v) is 4.16. The number of methoxy groups -OCH3 is 1. The number of benzene rings is 2. The van der Waals surface area contributed by atoms with Gasteiger partial charge in [-0.3, -0.25) is 19.7 Å². The second-order valence-corrected chi connectivity index (χ2v) is 8.03. The predicted octanol–water partition coefficient (Wildman–Crippen LogP) is 2.82. The zero-order valence-corrected chi connectivity index (χ0v) is 18.4. The topological polar surface area (TPSA) is 114 Å². The van der Waals surface area contributed by atoms with E-state index >= 15 is 0 Å². The molecule has 33 heavy (non-hydrogen) atoms. The Morgan fingerprint density at radius 2 is 1.94 bits per heavy atom. The highest BCUT2D eigenvalue weighted by atomic mass is 16.6. The van der Waals surface area contributed by atoms with Crippen LogP contribution in [0, 0.1) is 10.1 Å². The van der Waals surface area contributed by atoms with Gasteiger partial charge in [0.15, 0.2) is 6.10 Å². The Morgan fingerprint density at radius 3 is 2.67 bits per heavy atom. The van der Waals surface area contributed by atoms with Crippen molar-refractivity contribution >= 4 is 28.9 Å². The Balaban J connectivity index is 1.49. The van der Waals surface area contributed by atoms with Gasteiger partial charge < -0.3 is 24.6 Å². The summed E-state index contributed by atoms with van der Waals surface area (Å²) >= 11 is 0. The van der Waals surface area contributed by atoms with Crippen LogP contribution >= 0.6 is 0 Å². The van der Waals surface area contributed by atoms with Crippen molar-refractivity contribution in [2.45, 2.75) is 25.4 Å². The summed E-state index contributed by atoms with van der Waals surface area (Å²) in [5.74, 6) is 0.340. The van der Waals surface area contributed by atoms with E-state index in [1.165, 1.54) is 25.3 Å². The summed E-state index contributed by atoms with van der Waals surface area (Å²) in [6, 6.07) is 11.3. The highest BCUT2D eigenvalue weighted by molar-refractivity contribution is 5.96. The van der Waals surface area contributed by atoms with E-state index in [0.29, 0.717) is 11.4 Å². The monoisotopic (exact) mass is 454 g/mol. The second-order valence-electron chi connectivity index (χ2n) is 8.03. The van der Waals surface area contributed by atoms with Crippen molar-refractivity contribution in [3.8, 4) is 11.5 Å². The van der Waals surface area contributed by atoms with Gasteiger partial charge in [0.25, 0.3) is 11.6 Å². The molecule has 2 amide bonds. The number of carbonyl (C=O) groups excluding carboxylic acids is 2.